The van der Waals surface area contributed by atoms with Gasteiger partial charge in [-0.1, -0.05) is 13.8 Å². The molecule has 0 saturated carbocycles. The molecule has 1 unspecified atom stereocenters. The fraction of sp³-hybridized carbons (Fsp3) is 0.368. The van der Waals surface area contributed by atoms with Crippen molar-refractivity contribution in [2.75, 3.05) is 6.61 Å². The second-order valence-electron chi connectivity index (χ2n) is 5.64. The number of hydrogen-bond acceptors (Lipinski definition) is 5. The summed E-state index contributed by atoms with van der Waals surface area (Å²) in [6, 6.07) is 8.60. The summed E-state index contributed by atoms with van der Waals surface area (Å²) >= 11 is 0. The van der Waals surface area contributed by atoms with E-state index in [4.69, 9.17) is 14.2 Å². The molecular formula is C19H20F3NO4. The van der Waals surface area contributed by atoms with E-state index in [0.717, 1.165) is 18.3 Å². The van der Waals surface area contributed by atoms with Crippen LogP contribution in [-0.4, -0.2) is 23.7 Å². The molecule has 146 valence electrons. The largest absolute Gasteiger partial charge is 0.487 e. The van der Waals surface area contributed by atoms with Gasteiger partial charge in [-0.15, -0.1) is 0 Å². The average Bonchev–Trinajstić information content (AvgIpc) is 2.65. The van der Waals surface area contributed by atoms with Crippen molar-refractivity contribution >= 4 is 5.97 Å². The molecule has 0 saturated heterocycles. The molecule has 8 heteroatoms. The molecule has 1 atom stereocenters. The number of hydrogen-bond donors (Lipinski definition) is 0. The Morgan fingerprint density at radius 2 is 1.74 bits per heavy atom. The molecule has 0 bridgehead atoms. The molecule has 0 aliphatic carbocycles. The predicted octanol–water partition coefficient (Wildman–Crippen LogP) is 5.00. The number of ether oxygens (including phenoxy) is 3. The molecule has 1 aromatic carbocycles. The molecule has 1 aromatic heterocycles. The van der Waals surface area contributed by atoms with Crippen molar-refractivity contribution in [2.24, 2.45) is 0 Å². The van der Waals surface area contributed by atoms with Gasteiger partial charge >= 0.3 is 12.1 Å². The number of rotatable bonds is 8. The minimum atomic E-state index is -4.44. The lowest BCUT2D eigenvalue weighted by molar-refractivity contribution is -0.145. The third-order valence-electron chi connectivity index (χ3n) is 3.59. The van der Waals surface area contributed by atoms with Crippen molar-refractivity contribution in [1.82, 2.24) is 4.98 Å². The molecule has 5 nitrogen and oxygen atoms in total. The zero-order chi connectivity index (χ0) is 19.9. The van der Waals surface area contributed by atoms with Crippen LogP contribution < -0.4 is 9.47 Å². The summed E-state index contributed by atoms with van der Waals surface area (Å²) in [5.41, 5.74) is -0.840. The van der Waals surface area contributed by atoms with E-state index in [-0.39, 0.29) is 24.6 Å². The first-order valence-corrected chi connectivity index (χ1v) is 8.45. The molecule has 0 fully saturated rings. The Labute approximate surface area is 155 Å². The molecule has 1 heterocycles. The first-order valence-electron chi connectivity index (χ1n) is 8.45. The van der Waals surface area contributed by atoms with Gasteiger partial charge in [-0.3, -0.25) is 4.79 Å². The minimum absolute atomic E-state index is 0.0505. The van der Waals surface area contributed by atoms with Crippen LogP contribution in [-0.2, 0) is 15.7 Å². The van der Waals surface area contributed by atoms with Crippen LogP contribution in [0.25, 0.3) is 0 Å². The van der Waals surface area contributed by atoms with Gasteiger partial charge in [-0.2, -0.15) is 13.2 Å². The highest BCUT2D eigenvalue weighted by Gasteiger charge is 2.30. The SMILES string of the molecule is CCC(=O)OCC(CC)Oc1ccc(Oc2ccc(C(F)(F)F)cn2)cc1. The smallest absolute Gasteiger partial charge is 0.417 e. The second-order valence-corrected chi connectivity index (χ2v) is 5.64. The number of halogens is 3. The van der Waals surface area contributed by atoms with Gasteiger partial charge in [0, 0.05) is 18.7 Å². The summed E-state index contributed by atoms with van der Waals surface area (Å²) < 4.78 is 53.8. The first kappa shape index (κ1) is 20.5. The molecule has 27 heavy (non-hydrogen) atoms. The van der Waals surface area contributed by atoms with Crippen molar-refractivity contribution in [3.05, 3.63) is 48.2 Å². The van der Waals surface area contributed by atoms with Gasteiger partial charge in [0.05, 0.1) is 5.56 Å². The fourth-order valence-corrected chi connectivity index (χ4v) is 2.03. The summed E-state index contributed by atoms with van der Waals surface area (Å²) in [4.78, 5) is 14.9. The quantitative estimate of drug-likeness (QED) is 0.600. The lowest BCUT2D eigenvalue weighted by atomic mass is 10.2. The van der Waals surface area contributed by atoms with Crippen LogP contribution in [0, 0.1) is 0 Å². The molecular weight excluding hydrogens is 363 g/mol. The maximum absolute atomic E-state index is 12.5. The van der Waals surface area contributed by atoms with E-state index in [1.165, 1.54) is 0 Å². The van der Waals surface area contributed by atoms with Crippen molar-refractivity contribution < 1.29 is 32.2 Å². The Morgan fingerprint density at radius 3 is 2.26 bits per heavy atom. The van der Waals surface area contributed by atoms with Crippen LogP contribution in [0.5, 0.6) is 17.4 Å². The molecule has 0 aliphatic heterocycles. The fourth-order valence-electron chi connectivity index (χ4n) is 2.03. The number of carbonyl (C=O) groups is 1. The van der Waals surface area contributed by atoms with Gasteiger partial charge in [-0.25, -0.2) is 4.98 Å². The van der Waals surface area contributed by atoms with Crippen LogP contribution in [0.2, 0.25) is 0 Å². The van der Waals surface area contributed by atoms with Crippen molar-refractivity contribution in [1.29, 1.82) is 0 Å². The standard InChI is InChI=1S/C19H20F3NO4/c1-3-14(12-25-18(24)4-2)26-15-6-8-16(9-7-15)27-17-10-5-13(11-23-17)19(20,21)22/h5-11,14H,3-4,12H2,1-2H3. The van der Waals surface area contributed by atoms with Crippen LogP contribution in [0.15, 0.2) is 42.6 Å². The van der Waals surface area contributed by atoms with Gasteiger partial charge < -0.3 is 14.2 Å². The highest BCUT2D eigenvalue weighted by molar-refractivity contribution is 5.68. The first-order chi connectivity index (χ1) is 12.8. The van der Waals surface area contributed by atoms with Crippen molar-refractivity contribution in [3.8, 4) is 17.4 Å². The van der Waals surface area contributed by atoms with E-state index in [1.807, 2.05) is 6.92 Å². The van der Waals surface area contributed by atoms with Crippen molar-refractivity contribution in [2.45, 2.75) is 39.0 Å². The Morgan fingerprint density at radius 1 is 1.07 bits per heavy atom. The summed E-state index contributed by atoms with van der Waals surface area (Å²) in [5.74, 6) is 0.724. The predicted molar refractivity (Wildman–Crippen MR) is 91.7 cm³/mol. The maximum atomic E-state index is 12.5. The minimum Gasteiger partial charge on any atom is -0.487 e. The summed E-state index contributed by atoms with van der Waals surface area (Å²) in [6.45, 7) is 3.80. The normalized spacial score (nSPS) is 12.3. The van der Waals surface area contributed by atoms with Crippen LogP contribution in [0.1, 0.15) is 32.3 Å². The second kappa shape index (κ2) is 9.25. The molecule has 2 rings (SSSR count). The highest BCUT2D eigenvalue weighted by Crippen LogP contribution is 2.30. The number of aromatic nitrogens is 1. The maximum Gasteiger partial charge on any atom is 0.417 e. The summed E-state index contributed by atoms with van der Waals surface area (Å²) in [5, 5.41) is 0. The van der Waals surface area contributed by atoms with Crippen LogP contribution in [0.4, 0.5) is 13.2 Å². The van der Waals surface area contributed by atoms with E-state index >= 15 is 0 Å². The lowest BCUT2D eigenvalue weighted by Gasteiger charge is -2.17. The topological polar surface area (TPSA) is 57.7 Å². The molecule has 2 aromatic rings. The molecule has 0 aliphatic rings. The van der Waals surface area contributed by atoms with E-state index < -0.39 is 11.7 Å². The third kappa shape index (κ3) is 6.47. The van der Waals surface area contributed by atoms with Gasteiger partial charge in [0.2, 0.25) is 5.88 Å². The lowest BCUT2D eigenvalue weighted by Crippen LogP contribution is -2.24. The average molecular weight is 383 g/mol. The van der Waals surface area contributed by atoms with Crippen LogP contribution >= 0.6 is 0 Å². The third-order valence-corrected chi connectivity index (χ3v) is 3.59. The Bertz CT molecular complexity index is 730. The number of esters is 1. The summed E-state index contributed by atoms with van der Waals surface area (Å²) in [6.07, 6.45) is -3.03. The molecule has 0 N–H and O–H groups in total. The van der Waals surface area contributed by atoms with E-state index in [1.54, 1.807) is 31.2 Å². The van der Waals surface area contributed by atoms with Crippen LogP contribution in [0.3, 0.4) is 0 Å². The summed E-state index contributed by atoms with van der Waals surface area (Å²) in [7, 11) is 0. The molecule has 0 radical (unpaired) electrons. The number of pyridine rings is 1. The number of carbonyl (C=O) groups excluding carboxylic acids is 1. The van der Waals surface area contributed by atoms with Gasteiger partial charge in [0.25, 0.3) is 0 Å². The van der Waals surface area contributed by atoms with Gasteiger partial charge in [-0.05, 0) is 36.8 Å². The Hall–Kier alpha value is -2.77. The molecule has 0 spiro atoms. The van der Waals surface area contributed by atoms with Gasteiger partial charge in [0.15, 0.2) is 0 Å². The van der Waals surface area contributed by atoms with E-state index in [9.17, 15) is 18.0 Å². The Kier molecular flexibility index (Phi) is 7.04. The highest BCUT2D eigenvalue weighted by atomic mass is 19.4. The zero-order valence-electron chi connectivity index (χ0n) is 15.0. The Balaban J connectivity index is 1.93. The zero-order valence-corrected chi connectivity index (χ0v) is 15.0. The number of alkyl halides is 3. The monoisotopic (exact) mass is 383 g/mol. The van der Waals surface area contributed by atoms with E-state index in [0.29, 0.717) is 24.3 Å². The number of benzene rings is 1. The number of nitrogens with zero attached hydrogens (tertiary/aromatic N) is 1. The van der Waals surface area contributed by atoms with Crippen molar-refractivity contribution in [3.63, 3.8) is 0 Å². The molecule has 0 amide bonds. The van der Waals surface area contributed by atoms with E-state index in [2.05, 4.69) is 4.98 Å². The van der Waals surface area contributed by atoms with Gasteiger partial charge in [0.1, 0.15) is 24.2 Å².